The SMILES string of the molecule is O=C1c2ccccc2OC1c1csc(N(CCC(=O)N2CCCC2CO)C(=O)c2cccs2)n1. The molecule has 2 amide bonds. The van der Waals surface area contributed by atoms with E-state index in [1.165, 1.54) is 27.6 Å². The van der Waals surface area contributed by atoms with Gasteiger partial charge in [-0.3, -0.25) is 19.3 Å². The Morgan fingerprint density at radius 2 is 2.06 bits per heavy atom. The number of rotatable bonds is 7. The summed E-state index contributed by atoms with van der Waals surface area (Å²) >= 11 is 2.56. The largest absolute Gasteiger partial charge is 0.475 e. The number of likely N-dealkylation sites (tertiary alicyclic amines) is 1. The topological polar surface area (TPSA) is 100 Å². The number of hydrogen-bond acceptors (Lipinski definition) is 8. The third-order valence-electron chi connectivity index (χ3n) is 6.08. The molecule has 3 aromatic rings. The molecule has 176 valence electrons. The lowest BCUT2D eigenvalue weighted by molar-refractivity contribution is -0.132. The summed E-state index contributed by atoms with van der Waals surface area (Å²) in [5, 5.41) is 13.5. The van der Waals surface area contributed by atoms with Crippen LogP contribution >= 0.6 is 22.7 Å². The zero-order valence-corrected chi connectivity index (χ0v) is 19.9. The third kappa shape index (κ3) is 4.24. The van der Waals surface area contributed by atoms with Gasteiger partial charge in [0, 0.05) is 24.9 Å². The summed E-state index contributed by atoms with van der Waals surface area (Å²) < 4.78 is 5.83. The van der Waals surface area contributed by atoms with Crippen molar-refractivity contribution >= 4 is 45.4 Å². The quantitative estimate of drug-likeness (QED) is 0.536. The molecule has 2 atom stereocenters. The molecule has 2 aliphatic rings. The maximum Gasteiger partial charge on any atom is 0.270 e. The van der Waals surface area contributed by atoms with E-state index in [2.05, 4.69) is 4.98 Å². The number of thiazole rings is 1. The number of anilines is 1. The van der Waals surface area contributed by atoms with Crippen LogP contribution in [0.15, 0.2) is 47.2 Å². The summed E-state index contributed by atoms with van der Waals surface area (Å²) in [7, 11) is 0. The number of amides is 2. The second-order valence-corrected chi connectivity index (χ2v) is 9.95. The van der Waals surface area contributed by atoms with Gasteiger partial charge in [0.1, 0.15) is 11.4 Å². The number of fused-ring (bicyclic) bond motifs is 1. The zero-order chi connectivity index (χ0) is 23.7. The molecule has 10 heteroatoms. The molecule has 1 aromatic carbocycles. The predicted octanol–water partition coefficient (Wildman–Crippen LogP) is 3.54. The summed E-state index contributed by atoms with van der Waals surface area (Å²) in [5.41, 5.74) is 0.958. The summed E-state index contributed by atoms with van der Waals surface area (Å²) in [6.07, 6.45) is 0.917. The maximum atomic E-state index is 13.3. The number of thiophene rings is 1. The van der Waals surface area contributed by atoms with Gasteiger partial charge in [-0.05, 0) is 36.4 Å². The van der Waals surface area contributed by atoms with Crippen LogP contribution < -0.4 is 9.64 Å². The fourth-order valence-corrected chi connectivity index (χ4v) is 5.87. The average Bonchev–Trinajstić information content (AvgIpc) is 3.66. The fraction of sp³-hybridized carbons (Fsp3) is 0.333. The van der Waals surface area contributed by atoms with Crippen LogP contribution in [0.1, 0.15) is 51.1 Å². The van der Waals surface area contributed by atoms with E-state index < -0.39 is 6.10 Å². The first-order valence-electron chi connectivity index (χ1n) is 11.1. The minimum atomic E-state index is -0.849. The summed E-state index contributed by atoms with van der Waals surface area (Å²) in [4.78, 5) is 47.2. The molecule has 2 unspecified atom stereocenters. The van der Waals surface area contributed by atoms with Gasteiger partial charge in [-0.25, -0.2) is 4.98 Å². The molecule has 34 heavy (non-hydrogen) atoms. The van der Waals surface area contributed by atoms with E-state index >= 15 is 0 Å². The lowest BCUT2D eigenvalue weighted by Crippen LogP contribution is -2.40. The van der Waals surface area contributed by atoms with Crippen molar-refractivity contribution in [1.29, 1.82) is 0 Å². The van der Waals surface area contributed by atoms with Crippen molar-refractivity contribution < 1.29 is 24.2 Å². The van der Waals surface area contributed by atoms with Crippen LogP contribution in [0.2, 0.25) is 0 Å². The van der Waals surface area contributed by atoms with E-state index in [1.54, 1.807) is 46.7 Å². The molecule has 1 fully saturated rings. The van der Waals surface area contributed by atoms with Crippen molar-refractivity contribution in [1.82, 2.24) is 9.88 Å². The van der Waals surface area contributed by atoms with E-state index in [1.807, 2.05) is 5.38 Å². The third-order valence-corrected chi connectivity index (χ3v) is 7.82. The summed E-state index contributed by atoms with van der Waals surface area (Å²) in [6.45, 7) is 0.708. The highest BCUT2D eigenvalue weighted by Crippen LogP contribution is 2.38. The number of carbonyl (C=O) groups is 3. The van der Waals surface area contributed by atoms with Gasteiger partial charge in [0.25, 0.3) is 5.91 Å². The molecular weight excluding hydrogens is 474 g/mol. The van der Waals surface area contributed by atoms with Crippen LogP contribution in [0, 0.1) is 0 Å². The Bertz CT molecular complexity index is 1210. The molecular formula is C24H23N3O5S2. The Morgan fingerprint density at radius 3 is 2.82 bits per heavy atom. The van der Waals surface area contributed by atoms with Crippen LogP contribution in [0.5, 0.6) is 5.75 Å². The highest BCUT2D eigenvalue weighted by atomic mass is 32.1. The van der Waals surface area contributed by atoms with Crippen LogP contribution in [0.4, 0.5) is 5.13 Å². The minimum Gasteiger partial charge on any atom is -0.475 e. The number of Topliss-reactive ketones (excluding diaryl/α,β-unsaturated/α-hetero) is 1. The highest BCUT2D eigenvalue weighted by Gasteiger charge is 2.36. The number of hydrogen-bond donors (Lipinski definition) is 1. The average molecular weight is 498 g/mol. The number of ketones is 1. The molecule has 0 radical (unpaired) electrons. The van der Waals surface area contributed by atoms with Crippen LogP contribution in [0.25, 0.3) is 0 Å². The van der Waals surface area contributed by atoms with E-state index in [0.29, 0.717) is 33.6 Å². The number of aliphatic hydroxyl groups excluding tert-OH is 1. The van der Waals surface area contributed by atoms with Crippen molar-refractivity contribution in [3.63, 3.8) is 0 Å². The minimum absolute atomic E-state index is 0.0583. The second-order valence-electron chi connectivity index (χ2n) is 8.16. The van der Waals surface area contributed by atoms with E-state index in [-0.39, 0.29) is 43.2 Å². The lowest BCUT2D eigenvalue weighted by atomic mass is 10.1. The fourth-order valence-electron chi connectivity index (χ4n) is 4.33. The van der Waals surface area contributed by atoms with Crippen LogP contribution in [-0.4, -0.2) is 58.3 Å². The molecule has 0 spiro atoms. The molecule has 5 rings (SSSR count). The molecule has 4 heterocycles. The first-order valence-corrected chi connectivity index (χ1v) is 12.8. The van der Waals surface area contributed by atoms with Crippen LogP contribution in [-0.2, 0) is 4.79 Å². The number of carbonyl (C=O) groups excluding carboxylic acids is 3. The summed E-state index contributed by atoms with van der Waals surface area (Å²) in [6, 6.07) is 10.4. The highest BCUT2D eigenvalue weighted by molar-refractivity contribution is 7.14. The molecule has 0 bridgehead atoms. The number of para-hydroxylation sites is 1. The van der Waals surface area contributed by atoms with E-state index in [9.17, 15) is 19.5 Å². The van der Waals surface area contributed by atoms with Crippen LogP contribution in [0.3, 0.4) is 0 Å². The number of ether oxygens (including phenoxy) is 1. The Labute approximate surface area is 204 Å². The van der Waals surface area contributed by atoms with Gasteiger partial charge >= 0.3 is 0 Å². The molecule has 8 nitrogen and oxygen atoms in total. The van der Waals surface area contributed by atoms with Gasteiger partial charge in [-0.2, -0.15) is 0 Å². The Hall–Kier alpha value is -3.08. The number of aliphatic hydroxyl groups is 1. The van der Waals surface area contributed by atoms with Gasteiger partial charge < -0.3 is 14.7 Å². The normalized spacial score (nSPS) is 19.2. The van der Waals surface area contributed by atoms with Gasteiger partial charge in [-0.15, -0.1) is 22.7 Å². The van der Waals surface area contributed by atoms with Gasteiger partial charge in [0.05, 0.1) is 23.1 Å². The Morgan fingerprint density at radius 1 is 1.21 bits per heavy atom. The van der Waals surface area contributed by atoms with Gasteiger partial charge in [-0.1, -0.05) is 18.2 Å². The smallest absolute Gasteiger partial charge is 0.270 e. The molecule has 1 N–H and O–H groups in total. The molecule has 0 saturated carbocycles. The predicted molar refractivity (Wildman–Crippen MR) is 129 cm³/mol. The monoisotopic (exact) mass is 497 g/mol. The molecule has 0 aliphatic carbocycles. The van der Waals surface area contributed by atoms with Gasteiger partial charge in [0.2, 0.25) is 17.8 Å². The zero-order valence-electron chi connectivity index (χ0n) is 18.3. The number of aromatic nitrogens is 1. The lowest BCUT2D eigenvalue weighted by Gasteiger charge is -2.25. The first kappa shape index (κ1) is 22.7. The van der Waals surface area contributed by atoms with Crippen molar-refractivity contribution in [3.8, 4) is 5.75 Å². The molecule has 2 aliphatic heterocycles. The Kier molecular flexibility index (Phi) is 6.44. The molecule has 2 aromatic heterocycles. The van der Waals surface area contributed by atoms with Crippen molar-refractivity contribution in [3.05, 3.63) is 63.3 Å². The van der Waals surface area contributed by atoms with Gasteiger partial charge in [0.15, 0.2) is 5.13 Å². The van der Waals surface area contributed by atoms with E-state index in [4.69, 9.17) is 4.74 Å². The summed E-state index contributed by atoms with van der Waals surface area (Å²) in [5.74, 6) is 0.0175. The standard InChI is InChI=1S/C24H23N3O5S2/c28-13-15-5-3-10-26(15)20(29)9-11-27(23(31)19-8-4-12-33-19)24-25-17(14-34-24)22-21(30)16-6-1-2-7-18(16)32-22/h1-2,4,6-8,12,14-15,22,28H,3,5,9-11,13H2. The van der Waals surface area contributed by atoms with E-state index in [0.717, 1.165) is 12.8 Å². The first-order chi connectivity index (χ1) is 16.6. The van der Waals surface area contributed by atoms with Crippen molar-refractivity contribution in [2.24, 2.45) is 0 Å². The van der Waals surface area contributed by atoms with Crippen molar-refractivity contribution in [2.75, 3.05) is 24.6 Å². The Balaban J connectivity index is 1.36. The van der Waals surface area contributed by atoms with Crippen molar-refractivity contribution in [2.45, 2.75) is 31.4 Å². The number of benzene rings is 1. The number of nitrogens with zero attached hydrogens (tertiary/aromatic N) is 3. The maximum absolute atomic E-state index is 13.3. The second kappa shape index (κ2) is 9.65. The molecule has 1 saturated heterocycles.